The molecule has 0 radical (unpaired) electrons. The van der Waals surface area contributed by atoms with Crippen LogP contribution in [0.1, 0.15) is 25.0 Å². The van der Waals surface area contributed by atoms with Gasteiger partial charge in [-0.2, -0.15) is 0 Å². The summed E-state index contributed by atoms with van der Waals surface area (Å²) >= 11 is 5.84. The molecule has 2 heterocycles. The number of aryl methyl sites for hydroxylation is 1. The second-order valence-electron chi connectivity index (χ2n) is 4.27. The molecule has 0 unspecified atom stereocenters. The van der Waals surface area contributed by atoms with Crippen molar-refractivity contribution in [3.05, 3.63) is 16.9 Å². The van der Waals surface area contributed by atoms with E-state index in [9.17, 15) is 4.21 Å². The molecule has 94 valence electrons. The summed E-state index contributed by atoms with van der Waals surface area (Å²) in [5.74, 6) is 0.569. The van der Waals surface area contributed by atoms with Crippen LogP contribution < -0.4 is 5.32 Å². The first-order chi connectivity index (χ1) is 8.15. The number of nitrogens with zero attached hydrogens (tertiary/aromatic N) is 2. The largest absolute Gasteiger partial charge is 0.313 e. The topological polar surface area (TPSA) is 54.9 Å². The lowest BCUT2D eigenvalue weighted by atomic mass is 10.1. The van der Waals surface area contributed by atoms with Gasteiger partial charge in [-0.25, -0.2) is 9.97 Å². The van der Waals surface area contributed by atoms with E-state index in [1.165, 1.54) is 12.8 Å². The minimum Gasteiger partial charge on any atom is -0.313 e. The molecule has 2 rings (SSSR count). The number of hydrogen-bond donors (Lipinski definition) is 1. The minimum atomic E-state index is -1.17. The van der Waals surface area contributed by atoms with E-state index < -0.39 is 10.8 Å². The molecule has 1 aromatic heterocycles. The van der Waals surface area contributed by atoms with Crippen molar-refractivity contribution in [2.24, 2.45) is 0 Å². The summed E-state index contributed by atoms with van der Waals surface area (Å²) in [7, 11) is -1.17. The number of nitrogens with one attached hydrogen (secondary N) is 1. The van der Waals surface area contributed by atoms with Crippen molar-refractivity contribution in [1.29, 1.82) is 0 Å². The number of rotatable bonds is 3. The van der Waals surface area contributed by atoms with Crippen molar-refractivity contribution in [2.75, 3.05) is 12.3 Å². The molecule has 17 heavy (non-hydrogen) atoms. The van der Waals surface area contributed by atoms with E-state index in [-0.39, 0.29) is 0 Å². The summed E-state index contributed by atoms with van der Waals surface area (Å²) in [5, 5.41) is 4.08. The van der Waals surface area contributed by atoms with Gasteiger partial charge in [0.05, 0.1) is 10.8 Å². The molecule has 1 aliphatic rings. The van der Waals surface area contributed by atoms with E-state index in [1.807, 2.05) is 6.92 Å². The quantitative estimate of drug-likeness (QED) is 0.673. The number of hydrogen-bond acceptors (Lipinski definition) is 4. The molecular formula is C11H16ClN3OS. The van der Waals surface area contributed by atoms with E-state index in [4.69, 9.17) is 11.6 Å². The number of piperidine rings is 1. The Balaban J connectivity index is 2.03. The molecule has 4 nitrogen and oxygen atoms in total. The predicted octanol–water partition coefficient (Wildman–Crippen LogP) is 1.69. The Morgan fingerprint density at radius 3 is 3.00 bits per heavy atom. The van der Waals surface area contributed by atoms with Crippen molar-refractivity contribution >= 4 is 22.4 Å². The van der Waals surface area contributed by atoms with Gasteiger partial charge in [0.25, 0.3) is 0 Å². The van der Waals surface area contributed by atoms with Crippen LogP contribution in [0.5, 0.6) is 0 Å². The fourth-order valence-electron chi connectivity index (χ4n) is 1.93. The Bertz CT molecular complexity index is 401. The van der Waals surface area contributed by atoms with Crippen LogP contribution in [0.2, 0.25) is 5.15 Å². The smallest absolute Gasteiger partial charge is 0.220 e. The predicted molar refractivity (Wildman–Crippen MR) is 68.7 cm³/mol. The number of aromatic nitrogens is 2. The van der Waals surface area contributed by atoms with Gasteiger partial charge in [0.1, 0.15) is 5.15 Å². The first kappa shape index (κ1) is 12.9. The maximum atomic E-state index is 12.1. The van der Waals surface area contributed by atoms with Crippen molar-refractivity contribution in [1.82, 2.24) is 15.3 Å². The van der Waals surface area contributed by atoms with Crippen LogP contribution in [0.3, 0.4) is 0 Å². The van der Waals surface area contributed by atoms with Gasteiger partial charge in [-0.1, -0.05) is 18.0 Å². The third-order valence-corrected chi connectivity index (χ3v) is 4.26. The standard InChI is InChI=1S/C11H16ClN3OS/c1-8-6-10(12)15-11(14-8)17(16)7-9-4-2-3-5-13-9/h6,9,13H,2-5,7H2,1H3/t9-,17-/m0/s1. The Labute approximate surface area is 109 Å². The maximum absolute atomic E-state index is 12.1. The maximum Gasteiger partial charge on any atom is 0.220 e. The van der Waals surface area contributed by atoms with Crippen LogP contribution >= 0.6 is 11.6 Å². The van der Waals surface area contributed by atoms with Gasteiger partial charge >= 0.3 is 0 Å². The van der Waals surface area contributed by atoms with Gasteiger partial charge in [0.15, 0.2) is 0 Å². The Kier molecular flexibility index (Phi) is 4.48. The van der Waals surface area contributed by atoms with Gasteiger partial charge in [0, 0.05) is 17.5 Å². The SMILES string of the molecule is Cc1cc(Cl)nc([S@@](=O)C[C@@H]2CCCCN2)n1. The third-order valence-electron chi connectivity index (χ3n) is 2.77. The minimum absolute atomic E-state index is 0.312. The van der Waals surface area contributed by atoms with Gasteiger partial charge in [0.2, 0.25) is 5.16 Å². The Morgan fingerprint density at radius 1 is 1.53 bits per heavy atom. The molecule has 1 N–H and O–H groups in total. The fourth-order valence-corrected chi connectivity index (χ4v) is 3.46. The summed E-state index contributed by atoms with van der Waals surface area (Å²) in [6.45, 7) is 2.84. The second kappa shape index (κ2) is 5.89. The van der Waals surface area contributed by atoms with E-state index >= 15 is 0 Å². The lowest BCUT2D eigenvalue weighted by Crippen LogP contribution is -2.38. The average molecular weight is 274 g/mol. The van der Waals surface area contributed by atoms with Gasteiger partial charge in [-0.15, -0.1) is 0 Å². The molecule has 1 saturated heterocycles. The molecule has 0 aliphatic carbocycles. The summed E-state index contributed by atoms with van der Waals surface area (Å²) in [4.78, 5) is 8.20. The first-order valence-electron chi connectivity index (χ1n) is 5.78. The highest BCUT2D eigenvalue weighted by Crippen LogP contribution is 2.13. The summed E-state index contributed by atoms with van der Waals surface area (Å²) < 4.78 is 12.1. The van der Waals surface area contributed by atoms with Crippen molar-refractivity contribution in [3.63, 3.8) is 0 Å². The van der Waals surface area contributed by atoms with Crippen LogP contribution in [0.4, 0.5) is 0 Å². The average Bonchev–Trinajstić information content (AvgIpc) is 2.29. The number of halogens is 1. The third kappa shape index (κ3) is 3.72. The highest BCUT2D eigenvalue weighted by Gasteiger charge is 2.18. The Morgan fingerprint density at radius 2 is 2.35 bits per heavy atom. The lowest BCUT2D eigenvalue weighted by Gasteiger charge is -2.22. The van der Waals surface area contributed by atoms with Crippen LogP contribution in [0, 0.1) is 6.92 Å². The zero-order valence-corrected chi connectivity index (χ0v) is 11.4. The van der Waals surface area contributed by atoms with E-state index in [2.05, 4.69) is 15.3 Å². The monoisotopic (exact) mass is 273 g/mol. The van der Waals surface area contributed by atoms with Crippen LogP contribution in [0.15, 0.2) is 11.2 Å². The van der Waals surface area contributed by atoms with Gasteiger partial charge < -0.3 is 5.32 Å². The highest BCUT2D eigenvalue weighted by atomic mass is 35.5. The van der Waals surface area contributed by atoms with Crippen molar-refractivity contribution in [3.8, 4) is 0 Å². The Hall–Kier alpha value is -0.520. The van der Waals surface area contributed by atoms with Gasteiger partial charge in [-0.3, -0.25) is 4.21 Å². The van der Waals surface area contributed by atoms with Gasteiger partial charge in [-0.05, 0) is 32.4 Å². The van der Waals surface area contributed by atoms with Crippen LogP contribution in [-0.2, 0) is 10.8 Å². The van der Waals surface area contributed by atoms with E-state index in [1.54, 1.807) is 6.07 Å². The zero-order chi connectivity index (χ0) is 12.3. The summed E-state index contributed by atoms with van der Waals surface area (Å²) in [5.41, 5.74) is 0.755. The molecule has 1 aromatic rings. The molecule has 0 amide bonds. The zero-order valence-electron chi connectivity index (χ0n) is 9.78. The lowest BCUT2D eigenvalue weighted by molar-refractivity contribution is 0.427. The molecule has 0 bridgehead atoms. The molecule has 0 saturated carbocycles. The molecule has 1 fully saturated rings. The molecule has 2 atom stereocenters. The molecule has 1 aliphatic heterocycles. The molecule has 6 heteroatoms. The fraction of sp³-hybridized carbons (Fsp3) is 0.636. The second-order valence-corrected chi connectivity index (χ2v) is 6.05. The summed E-state index contributed by atoms with van der Waals surface area (Å²) in [6.07, 6.45) is 3.48. The highest BCUT2D eigenvalue weighted by molar-refractivity contribution is 7.84. The normalized spacial score (nSPS) is 22.4. The van der Waals surface area contributed by atoms with E-state index in [0.29, 0.717) is 22.1 Å². The van der Waals surface area contributed by atoms with E-state index in [0.717, 1.165) is 18.7 Å². The molecule has 0 aromatic carbocycles. The molecular weight excluding hydrogens is 258 g/mol. The molecule has 0 spiro atoms. The van der Waals surface area contributed by atoms with Crippen LogP contribution in [-0.4, -0.2) is 32.5 Å². The first-order valence-corrected chi connectivity index (χ1v) is 7.48. The van der Waals surface area contributed by atoms with Crippen molar-refractivity contribution < 1.29 is 4.21 Å². The summed E-state index contributed by atoms with van der Waals surface area (Å²) in [6, 6.07) is 1.98. The van der Waals surface area contributed by atoms with Crippen LogP contribution in [0.25, 0.3) is 0 Å². The van der Waals surface area contributed by atoms with Crippen molar-refractivity contribution in [2.45, 2.75) is 37.4 Å².